The molecule has 0 saturated heterocycles. The van der Waals surface area contributed by atoms with Gasteiger partial charge in [0.05, 0.1) is 6.54 Å². The zero-order valence-electron chi connectivity index (χ0n) is 10.1. The van der Waals surface area contributed by atoms with Gasteiger partial charge in [-0.2, -0.15) is 4.98 Å². The first-order valence-corrected chi connectivity index (χ1v) is 5.91. The van der Waals surface area contributed by atoms with E-state index in [0.29, 0.717) is 23.3 Å². The Bertz CT molecular complexity index is 544. The highest BCUT2D eigenvalue weighted by molar-refractivity contribution is 6.31. The SMILES string of the molecule is Cc1noc(CNC(C)c2ccc(F)cc2Cl)n1. The van der Waals surface area contributed by atoms with Gasteiger partial charge in [-0.3, -0.25) is 0 Å². The summed E-state index contributed by atoms with van der Waals surface area (Å²) >= 11 is 5.98. The molecule has 96 valence electrons. The fourth-order valence-electron chi connectivity index (χ4n) is 1.61. The third-order valence-electron chi connectivity index (χ3n) is 2.56. The van der Waals surface area contributed by atoms with Gasteiger partial charge in [0, 0.05) is 11.1 Å². The first-order valence-electron chi connectivity index (χ1n) is 5.54. The summed E-state index contributed by atoms with van der Waals surface area (Å²) in [7, 11) is 0. The van der Waals surface area contributed by atoms with Crippen LogP contribution < -0.4 is 5.32 Å². The van der Waals surface area contributed by atoms with Crippen LogP contribution in [0.15, 0.2) is 22.7 Å². The maximum absolute atomic E-state index is 12.9. The second kappa shape index (κ2) is 5.46. The van der Waals surface area contributed by atoms with Crippen molar-refractivity contribution in [3.8, 4) is 0 Å². The van der Waals surface area contributed by atoms with E-state index in [0.717, 1.165) is 5.56 Å². The van der Waals surface area contributed by atoms with Crippen molar-refractivity contribution in [1.82, 2.24) is 15.5 Å². The number of benzene rings is 1. The molecule has 1 heterocycles. The van der Waals surface area contributed by atoms with Crippen molar-refractivity contribution in [3.63, 3.8) is 0 Å². The molecule has 0 bridgehead atoms. The smallest absolute Gasteiger partial charge is 0.240 e. The standard InChI is InChI=1S/C12H13ClFN3O/c1-7(10-4-3-9(14)5-11(10)13)15-6-12-16-8(2)17-18-12/h3-5,7,15H,6H2,1-2H3. The van der Waals surface area contributed by atoms with Gasteiger partial charge < -0.3 is 9.84 Å². The maximum atomic E-state index is 12.9. The van der Waals surface area contributed by atoms with Crippen molar-refractivity contribution < 1.29 is 8.91 Å². The fraction of sp³-hybridized carbons (Fsp3) is 0.333. The van der Waals surface area contributed by atoms with E-state index in [9.17, 15) is 4.39 Å². The third-order valence-corrected chi connectivity index (χ3v) is 2.89. The Morgan fingerprint density at radius 2 is 2.28 bits per heavy atom. The molecule has 4 nitrogen and oxygen atoms in total. The lowest BCUT2D eigenvalue weighted by atomic mass is 10.1. The van der Waals surface area contributed by atoms with Gasteiger partial charge in [-0.15, -0.1) is 0 Å². The Kier molecular flexibility index (Phi) is 3.93. The largest absolute Gasteiger partial charge is 0.338 e. The number of hydrogen-bond acceptors (Lipinski definition) is 4. The summed E-state index contributed by atoms with van der Waals surface area (Å²) in [6.45, 7) is 4.13. The topological polar surface area (TPSA) is 51.0 Å². The number of halogens is 2. The minimum atomic E-state index is -0.344. The quantitative estimate of drug-likeness (QED) is 0.927. The Morgan fingerprint density at radius 1 is 1.50 bits per heavy atom. The lowest BCUT2D eigenvalue weighted by Gasteiger charge is -2.14. The van der Waals surface area contributed by atoms with Crippen LogP contribution in [0.5, 0.6) is 0 Å². The summed E-state index contributed by atoms with van der Waals surface area (Å²) in [5.74, 6) is 0.764. The number of aromatic nitrogens is 2. The fourth-order valence-corrected chi connectivity index (χ4v) is 1.95. The molecule has 6 heteroatoms. The molecule has 0 fully saturated rings. The van der Waals surface area contributed by atoms with Crippen LogP contribution in [0.25, 0.3) is 0 Å². The molecule has 1 aromatic heterocycles. The van der Waals surface area contributed by atoms with Gasteiger partial charge >= 0.3 is 0 Å². The lowest BCUT2D eigenvalue weighted by Crippen LogP contribution is -2.18. The van der Waals surface area contributed by atoms with E-state index in [1.54, 1.807) is 13.0 Å². The van der Waals surface area contributed by atoms with Gasteiger partial charge in [-0.1, -0.05) is 22.8 Å². The lowest BCUT2D eigenvalue weighted by molar-refractivity contribution is 0.357. The van der Waals surface area contributed by atoms with E-state index in [4.69, 9.17) is 16.1 Å². The number of rotatable bonds is 4. The molecule has 0 radical (unpaired) electrons. The molecule has 0 amide bonds. The monoisotopic (exact) mass is 269 g/mol. The van der Waals surface area contributed by atoms with Crippen molar-refractivity contribution in [3.05, 3.63) is 46.3 Å². The Labute approximate surface area is 109 Å². The van der Waals surface area contributed by atoms with Gasteiger partial charge in [0.2, 0.25) is 5.89 Å². The second-order valence-corrected chi connectivity index (χ2v) is 4.41. The van der Waals surface area contributed by atoms with Crippen LogP contribution in [0.2, 0.25) is 5.02 Å². The van der Waals surface area contributed by atoms with Crippen LogP contribution in [-0.4, -0.2) is 10.1 Å². The minimum Gasteiger partial charge on any atom is -0.338 e. The van der Waals surface area contributed by atoms with E-state index in [1.807, 2.05) is 6.92 Å². The molecule has 0 aliphatic heterocycles. The van der Waals surface area contributed by atoms with Crippen LogP contribution in [0.4, 0.5) is 4.39 Å². The molecule has 1 aromatic carbocycles. The Morgan fingerprint density at radius 3 is 2.89 bits per heavy atom. The van der Waals surface area contributed by atoms with Crippen LogP contribution in [0.1, 0.15) is 30.2 Å². The molecule has 18 heavy (non-hydrogen) atoms. The predicted octanol–water partition coefficient (Wildman–Crippen LogP) is 3.02. The molecule has 1 unspecified atom stereocenters. The number of nitrogens with one attached hydrogen (secondary N) is 1. The second-order valence-electron chi connectivity index (χ2n) is 4.00. The summed E-state index contributed by atoms with van der Waals surface area (Å²) in [6, 6.07) is 4.31. The molecule has 0 aliphatic rings. The van der Waals surface area contributed by atoms with Gasteiger partial charge in [0.15, 0.2) is 5.82 Å². The molecule has 1 N–H and O–H groups in total. The van der Waals surface area contributed by atoms with Crippen LogP contribution in [0.3, 0.4) is 0 Å². The Hall–Kier alpha value is -1.46. The molecular weight excluding hydrogens is 257 g/mol. The molecule has 0 spiro atoms. The molecule has 1 atom stereocenters. The highest BCUT2D eigenvalue weighted by Crippen LogP contribution is 2.23. The van der Waals surface area contributed by atoms with E-state index in [2.05, 4.69) is 15.5 Å². The highest BCUT2D eigenvalue weighted by Gasteiger charge is 2.11. The van der Waals surface area contributed by atoms with E-state index in [-0.39, 0.29) is 11.9 Å². The van der Waals surface area contributed by atoms with Crippen LogP contribution in [-0.2, 0) is 6.54 Å². The van der Waals surface area contributed by atoms with E-state index >= 15 is 0 Å². The van der Waals surface area contributed by atoms with Crippen molar-refractivity contribution in [2.45, 2.75) is 26.4 Å². The number of aryl methyl sites for hydroxylation is 1. The van der Waals surface area contributed by atoms with Gasteiger partial charge in [0.25, 0.3) is 0 Å². The van der Waals surface area contributed by atoms with Crippen molar-refractivity contribution in [2.24, 2.45) is 0 Å². The highest BCUT2D eigenvalue weighted by atomic mass is 35.5. The molecule has 2 rings (SSSR count). The molecule has 0 aliphatic carbocycles. The summed E-state index contributed by atoms with van der Waals surface area (Å²) < 4.78 is 17.9. The molecule has 0 saturated carbocycles. The average molecular weight is 270 g/mol. The van der Waals surface area contributed by atoms with E-state index < -0.39 is 0 Å². The summed E-state index contributed by atoms with van der Waals surface area (Å²) in [6.07, 6.45) is 0. The van der Waals surface area contributed by atoms with Gasteiger partial charge in [-0.05, 0) is 31.5 Å². The van der Waals surface area contributed by atoms with Crippen LogP contribution in [0, 0.1) is 12.7 Å². The van der Waals surface area contributed by atoms with Gasteiger partial charge in [0.1, 0.15) is 5.82 Å². The predicted molar refractivity (Wildman–Crippen MR) is 65.7 cm³/mol. The summed E-state index contributed by atoms with van der Waals surface area (Å²) in [4.78, 5) is 4.08. The zero-order valence-corrected chi connectivity index (χ0v) is 10.8. The van der Waals surface area contributed by atoms with Crippen molar-refractivity contribution in [1.29, 1.82) is 0 Å². The molecular formula is C12H13ClFN3O. The third kappa shape index (κ3) is 3.05. The normalized spacial score (nSPS) is 12.7. The zero-order chi connectivity index (χ0) is 13.1. The van der Waals surface area contributed by atoms with Gasteiger partial charge in [-0.25, -0.2) is 4.39 Å². The molecule has 2 aromatic rings. The van der Waals surface area contributed by atoms with Crippen molar-refractivity contribution in [2.75, 3.05) is 0 Å². The summed E-state index contributed by atoms with van der Waals surface area (Å²) in [5.41, 5.74) is 0.828. The van der Waals surface area contributed by atoms with E-state index in [1.165, 1.54) is 12.1 Å². The maximum Gasteiger partial charge on any atom is 0.240 e. The Balaban J connectivity index is 2.01. The summed E-state index contributed by atoms with van der Waals surface area (Å²) in [5, 5.41) is 7.28. The average Bonchev–Trinajstić information content (AvgIpc) is 2.72. The first kappa shape index (κ1) is 13.0. The number of hydrogen-bond donors (Lipinski definition) is 1. The number of nitrogens with zero attached hydrogens (tertiary/aromatic N) is 2. The minimum absolute atomic E-state index is 0.0368. The van der Waals surface area contributed by atoms with Crippen LogP contribution >= 0.6 is 11.6 Å². The first-order chi connectivity index (χ1) is 8.56. The van der Waals surface area contributed by atoms with Crippen molar-refractivity contribution >= 4 is 11.6 Å².